The van der Waals surface area contributed by atoms with Gasteiger partial charge in [0.15, 0.2) is 5.96 Å². The highest BCUT2D eigenvalue weighted by molar-refractivity contribution is 5.80. The molecule has 0 aromatic heterocycles. The summed E-state index contributed by atoms with van der Waals surface area (Å²) in [6, 6.07) is 6.66. The van der Waals surface area contributed by atoms with Gasteiger partial charge in [0.05, 0.1) is 12.6 Å². The predicted octanol–water partition coefficient (Wildman–Crippen LogP) is 2.62. The summed E-state index contributed by atoms with van der Waals surface area (Å²) in [5.74, 6) is 1.04. The molecule has 20 heavy (non-hydrogen) atoms. The summed E-state index contributed by atoms with van der Waals surface area (Å²) in [5, 5.41) is 0. The van der Waals surface area contributed by atoms with E-state index in [1.54, 1.807) is 24.3 Å². The molecule has 1 aliphatic rings. The number of nitrogens with two attached hydrogens (primary N) is 1. The second kappa shape index (κ2) is 6.07. The smallest absolute Gasteiger partial charge is 0.387 e. The lowest BCUT2D eigenvalue weighted by Gasteiger charge is -2.29. The van der Waals surface area contributed by atoms with Crippen LogP contribution in [0.5, 0.6) is 5.75 Å². The molecule has 2 N–H and O–H groups in total. The Bertz CT molecular complexity index is 491. The third-order valence-electron chi connectivity index (χ3n) is 3.15. The van der Waals surface area contributed by atoms with Gasteiger partial charge in [-0.05, 0) is 12.0 Å². The first-order chi connectivity index (χ1) is 9.49. The summed E-state index contributed by atoms with van der Waals surface area (Å²) in [4.78, 5) is 6.17. The highest BCUT2D eigenvalue weighted by atomic mass is 19.3. The zero-order chi connectivity index (χ0) is 14.7. The van der Waals surface area contributed by atoms with Crippen molar-refractivity contribution >= 4 is 5.96 Å². The van der Waals surface area contributed by atoms with Gasteiger partial charge in [-0.15, -0.1) is 0 Å². The van der Waals surface area contributed by atoms with Gasteiger partial charge in [-0.2, -0.15) is 8.78 Å². The molecular weight excluding hydrogens is 264 g/mol. The molecule has 1 aromatic rings. The Hall–Kier alpha value is -1.85. The van der Waals surface area contributed by atoms with Crippen LogP contribution in [0.1, 0.15) is 25.5 Å². The van der Waals surface area contributed by atoms with Gasteiger partial charge in [-0.1, -0.05) is 32.0 Å². The van der Waals surface area contributed by atoms with Crippen molar-refractivity contribution in [2.75, 3.05) is 13.1 Å². The van der Waals surface area contributed by atoms with Gasteiger partial charge in [0.2, 0.25) is 0 Å². The second-order valence-corrected chi connectivity index (χ2v) is 5.18. The van der Waals surface area contributed by atoms with Crippen LogP contribution in [-0.2, 0) is 0 Å². The molecule has 0 bridgehead atoms. The van der Waals surface area contributed by atoms with Crippen LogP contribution >= 0.6 is 0 Å². The molecule has 1 heterocycles. The fourth-order valence-electron chi connectivity index (χ4n) is 2.37. The van der Waals surface area contributed by atoms with Crippen LogP contribution in [0.3, 0.4) is 0 Å². The number of ether oxygens (including phenoxy) is 1. The average Bonchev–Trinajstić information content (AvgIpc) is 2.71. The third-order valence-corrected chi connectivity index (χ3v) is 3.15. The van der Waals surface area contributed by atoms with E-state index in [9.17, 15) is 8.78 Å². The molecular formula is C14H19F2N3O. The van der Waals surface area contributed by atoms with Crippen LogP contribution in [0.15, 0.2) is 29.3 Å². The number of alkyl halides is 2. The predicted molar refractivity (Wildman–Crippen MR) is 73.8 cm³/mol. The van der Waals surface area contributed by atoms with Crippen molar-refractivity contribution < 1.29 is 13.5 Å². The standard InChI is InChI=1S/C14H19F2N3O/c1-9(2)8-19-11(7-18-14(19)17)10-5-3-4-6-12(10)20-13(15)16/h3-6,9,11,13H,7-8H2,1-2H3,(H2,17,18). The molecule has 1 aliphatic heterocycles. The number of rotatable bonds is 5. The molecule has 0 saturated heterocycles. The maximum atomic E-state index is 12.5. The van der Waals surface area contributed by atoms with Crippen molar-refractivity contribution in [2.24, 2.45) is 16.6 Å². The molecule has 2 rings (SSSR count). The SMILES string of the molecule is CC(C)CN1C(N)=NCC1c1ccccc1OC(F)F. The van der Waals surface area contributed by atoms with E-state index < -0.39 is 6.61 Å². The molecule has 1 atom stereocenters. The van der Waals surface area contributed by atoms with Gasteiger partial charge in [-0.3, -0.25) is 4.99 Å². The monoisotopic (exact) mass is 283 g/mol. The van der Waals surface area contributed by atoms with Gasteiger partial charge in [-0.25, -0.2) is 0 Å². The lowest BCUT2D eigenvalue weighted by molar-refractivity contribution is -0.0509. The Morgan fingerprint density at radius 3 is 2.75 bits per heavy atom. The average molecular weight is 283 g/mol. The van der Waals surface area contributed by atoms with E-state index in [0.29, 0.717) is 24.0 Å². The summed E-state index contributed by atoms with van der Waals surface area (Å²) in [6.45, 7) is 2.49. The topological polar surface area (TPSA) is 50.8 Å². The van der Waals surface area contributed by atoms with Gasteiger partial charge in [0.1, 0.15) is 5.75 Å². The van der Waals surface area contributed by atoms with Crippen LogP contribution in [0.4, 0.5) is 8.78 Å². The fraction of sp³-hybridized carbons (Fsp3) is 0.500. The van der Waals surface area contributed by atoms with Crippen LogP contribution < -0.4 is 10.5 Å². The molecule has 0 saturated carbocycles. The highest BCUT2D eigenvalue weighted by Crippen LogP contribution is 2.33. The number of hydrogen-bond acceptors (Lipinski definition) is 4. The Morgan fingerprint density at radius 2 is 2.10 bits per heavy atom. The minimum Gasteiger partial charge on any atom is -0.434 e. The lowest BCUT2D eigenvalue weighted by atomic mass is 10.0. The lowest BCUT2D eigenvalue weighted by Crippen LogP contribution is -2.38. The van der Waals surface area contributed by atoms with E-state index in [-0.39, 0.29) is 11.8 Å². The van der Waals surface area contributed by atoms with Crippen molar-refractivity contribution in [3.63, 3.8) is 0 Å². The molecule has 0 fully saturated rings. The zero-order valence-corrected chi connectivity index (χ0v) is 11.6. The number of benzene rings is 1. The summed E-state index contributed by atoms with van der Waals surface area (Å²) >= 11 is 0. The first-order valence-electron chi connectivity index (χ1n) is 6.59. The van der Waals surface area contributed by atoms with Gasteiger partial charge >= 0.3 is 6.61 Å². The minimum absolute atomic E-state index is 0.146. The highest BCUT2D eigenvalue weighted by Gasteiger charge is 2.30. The van der Waals surface area contributed by atoms with Crippen LogP contribution in [0.25, 0.3) is 0 Å². The van der Waals surface area contributed by atoms with Crippen LogP contribution in [0, 0.1) is 5.92 Å². The van der Waals surface area contributed by atoms with Crippen molar-refractivity contribution in [2.45, 2.75) is 26.5 Å². The molecule has 6 heteroatoms. The number of nitrogens with zero attached hydrogens (tertiary/aromatic N) is 2. The van der Waals surface area contributed by atoms with E-state index in [2.05, 4.69) is 23.6 Å². The van der Waals surface area contributed by atoms with E-state index in [1.165, 1.54) is 0 Å². The maximum absolute atomic E-state index is 12.5. The Kier molecular flexibility index (Phi) is 4.42. The largest absolute Gasteiger partial charge is 0.434 e. The van der Waals surface area contributed by atoms with E-state index in [1.807, 2.05) is 4.90 Å². The summed E-state index contributed by atoms with van der Waals surface area (Å²) in [5.41, 5.74) is 6.59. The number of aliphatic imine (C=N–C) groups is 1. The summed E-state index contributed by atoms with van der Waals surface area (Å²) in [7, 11) is 0. The summed E-state index contributed by atoms with van der Waals surface area (Å²) < 4.78 is 29.6. The molecule has 110 valence electrons. The van der Waals surface area contributed by atoms with Crippen molar-refractivity contribution in [3.05, 3.63) is 29.8 Å². The van der Waals surface area contributed by atoms with Crippen molar-refractivity contribution in [1.82, 2.24) is 4.90 Å². The van der Waals surface area contributed by atoms with Crippen molar-refractivity contribution in [3.8, 4) is 5.75 Å². The molecule has 0 aliphatic carbocycles. The van der Waals surface area contributed by atoms with Crippen molar-refractivity contribution in [1.29, 1.82) is 0 Å². The molecule has 0 radical (unpaired) electrons. The molecule has 0 spiro atoms. The molecule has 0 amide bonds. The maximum Gasteiger partial charge on any atom is 0.387 e. The van der Waals surface area contributed by atoms with Crippen LogP contribution in [-0.4, -0.2) is 30.6 Å². The number of hydrogen-bond donors (Lipinski definition) is 1. The zero-order valence-electron chi connectivity index (χ0n) is 11.6. The fourth-order valence-corrected chi connectivity index (χ4v) is 2.37. The molecule has 1 aromatic carbocycles. The van der Waals surface area contributed by atoms with E-state index in [4.69, 9.17) is 5.73 Å². The normalized spacial score (nSPS) is 18.8. The van der Waals surface area contributed by atoms with Gasteiger partial charge < -0.3 is 15.4 Å². The Balaban J connectivity index is 2.26. The summed E-state index contributed by atoms with van der Waals surface area (Å²) in [6.07, 6.45) is 0. The first-order valence-corrected chi connectivity index (χ1v) is 6.59. The Labute approximate surface area is 117 Å². The second-order valence-electron chi connectivity index (χ2n) is 5.18. The van der Waals surface area contributed by atoms with E-state index >= 15 is 0 Å². The third kappa shape index (κ3) is 3.18. The quantitative estimate of drug-likeness (QED) is 0.903. The molecule has 4 nitrogen and oxygen atoms in total. The first kappa shape index (κ1) is 14.6. The van der Waals surface area contributed by atoms with Gasteiger partial charge in [0.25, 0.3) is 0 Å². The Morgan fingerprint density at radius 1 is 1.40 bits per heavy atom. The van der Waals surface area contributed by atoms with Crippen LogP contribution in [0.2, 0.25) is 0 Å². The number of halogens is 2. The number of guanidine groups is 1. The molecule has 1 unspecified atom stereocenters. The van der Waals surface area contributed by atoms with Gasteiger partial charge in [0, 0.05) is 12.1 Å². The minimum atomic E-state index is -2.84. The number of para-hydroxylation sites is 1. The van der Waals surface area contributed by atoms with E-state index in [0.717, 1.165) is 6.54 Å².